The summed E-state index contributed by atoms with van der Waals surface area (Å²) >= 11 is 0. The number of anilines is 1. The third-order valence-electron chi connectivity index (χ3n) is 5.15. The molecule has 3 aromatic carbocycles. The molecule has 0 aliphatic carbocycles. The summed E-state index contributed by atoms with van der Waals surface area (Å²) in [4.78, 5) is 37.3. The minimum atomic E-state index is -1.07. The maximum atomic E-state index is 13.2. The quantitative estimate of drug-likeness (QED) is 0.350. The fourth-order valence-corrected chi connectivity index (χ4v) is 3.39. The summed E-state index contributed by atoms with van der Waals surface area (Å²) in [5.74, 6) is -0.995. The number of aryl methyl sites for hydroxylation is 1. The van der Waals surface area contributed by atoms with E-state index < -0.39 is 17.8 Å². The monoisotopic (exact) mass is 488 g/mol. The van der Waals surface area contributed by atoms with Gasteiger partial charge in [0, 0.05) is 11.3 Å². The Kier molecular flexibility index (Phi) is 8.83. The average Bonchev–Trinajstić information content (AvgIpc) is 2.86. The molecule has 0 aliphatic heterocycles. The van der Waals surface area contributed by atoms with E-state index in [0.717, 1.165) is 5.56 Å². The molecular weight excluding hydrogens is 460 g/mol. The van der Waals surface area contributed by atoms with Crippen LogP contribution in [0.2, 0.25) is 0 Å². The van der Waals surface area contributed by atoms with E-state index in [4.69, 9.17) is 14.6 Å². The van der Waals surface area contributed by atoms with E-state index >= 15 is 0 Å². The van der Waals surface area contributed by atoms with Crippen LogP contribution in [0.5, 0.6) is 11.5 Å². The number of nitrogens with one attached hydrogen (secondary N) is 2. The predicted molar refractivity (Wildman–Crippen MR) is 137 cm³/mol. The minimum Gasteiger partial charge on any atom is -0.490 e. The highest BCUT2D eigenvalue weighted by Gasteiger charge is 2.17. The summed E-state index contributed by atoms with van der Waals surface area (Å²) in [5.41, 5.74) is 2.27. The molecule has 8 nitrogen and oxygen atoms in total. The molecule has 3 N–H and O–H groups in total. The first kappa shape index (κ1) is 26.0. The number of hydrogen-bond acceptors (Lipinski definition) is 5. The summed E-state index contributed by atoms with van der Waals surface area (Å²) in [7, 11) is 0. The number of carbonyl (C=O) groups is 3. The number of carboxylic acid groups (broad SMARTS) is 1. The van der Waals surface area contributed by atoms with Gasteiger partial charge in [0.1, 0.15) is 5.70 Å². The Hall–Kier alpha value is -4.59. The lowest BCUT2D eigenvalue weighted by Crippen LogP contribution is -2.31. The van der Waals surface area contributed by atoms with Gasteiger partial charge in [-0.2, -0.15) is 0 Å². The van der Waals surface area contributed by atoms with Gasteiger partial charge in [0.2, 0.25) is 0 Å². The molecule has 8 heteroatoms. The van der Waals surface area contributed by atoms with Gasteiger partial charge in [-0.3, -0.25) is 9.59 Å². The van der Waals surface area contributed by atoms with Crippen molar-refractivity contribution < 1.29 is 29.0 Å². The normalized spacial score (nSPS) is 10.9. The molecule has 36 heavy (non-hydrogen) atoms. The van der Waals surface area contributed by atoms with Gasteiger partial charge in [-0.15, -0.1) is 0 Å². The number of benzene rings is 3. The van der Waals surface area contributed by atoms with Crippen molar-refractivity contribution in [2.75, 3.05) is 18.5 Å². The molecule has 0 saturated heterocycles. The van der Waals surface area contributed by atoms with E-state index in [1.807, 2.05) is 32.9 Å². The van der Waals surface area contributed by atoms with Gasteiger partial charge in [-0.05, 0) is 80.4 Å². The van der Waals surface area contributed by atoms with E-state index in [0.29, 0.717) is 41.5 Å². The van der Waals surface area contributed by atoms with Crippen LogP contribution < -0.4 is 20.1 Å². The lowest BCUT2D eigenvalue weighted by atomic mass is 10.1. The number of hydrogen-bond donors (Lipinski definition) is 3. The highest BCUT2D eigenvalue weighted by Crippen LogP contribution is 2.29. The number of carboxylic acids is 1. The Bertz CT molecular complexity index is 1280. The number of aromatic carboxylic acids is 1. The number of rotatable bonds is 10. The summed E-state index contributed by atoms with van der Waals surface area (Å²) in [6, 6.07) is 18.0. The highest BCUT2D eigenvalue weighted by molar-refractivity contribution is 6.11. The van der Waals surface area contributed by atoms with Gasteiger partial charge < -0.3 is 25.2 Å². The summed E-state index contributed by atoms with van der Waals surface area (Å²) in [5, 5.41) is 14.5. The van der Waals surface area contributed by atoms with E-state index in [1.165, 1.54) is 30.3 Å². The first-order chi connectivity index (χ1) is 17.3. The van der Waals surface area contributed by atoms with Crippen molar-refractivity contribution in [3.05, 3.63) is 94.7 Å². The number of carbonyl (C=O) groups excluding carboxylic acids is 2. The molecule has 0 radical (unpaired) electrons. The van der Waals surface area contributed by atoms with Gasteiger partial charge in [0.05, 0.1) is 18.8 Å². The molecule has 0 spiro atoms. The van der Waals surface area contributed by atoms with Crippen LogP contribution in [0.15, 0.2) is 72.4 Å². The standard InChI is InChI=1S/C28H28N2O6/c1-4-35-24-15-10-19(17-25(24)36-5-2)16-23(30-26(31)22-9-7-6-8-18(22)3)27(32)29-21-13-11-20(12-14-21)28(33)34/h6-17H,4-5H2,1-3H3,(H,29,32)(H,30,31)(H,33,34)/b23-16+. The second-order valence-electron chi connectivity index (χ2n) is 7.74. The second kappa shape index (κ2) is 12.2. The summed E-state index contributed by atoms with van der Waals surface area (Å²) in [6.45, 7) is 6.43. The Balaban J connectivity index is 1.95. The highest BCUT2D eigenvalue weighted by atomic mass is 16.5. The zero-order chi connectivity index (χ0) is 26.1. The van der Waals surface area contributed by atoms with Crippen LogP contribution in [0, 0.1) is 6.92 Å². The molecule has 2 amide bonds. The first-order valence-electron chi connectivity index (χ1n) is 11.4. The minimum absolute atomic E-state index is 0.00262. The molecule has 3 aromatic rings. The molecule has 3 rings (SSSR count). The van der Waals surface area contributed by atoms with Gasteiger partial charge in [-0.25, -0.2) is 4.79 Å². The molecule has 0 heterocycles. The van der Waals surface area contributed by atoms with Crippen molar-refractivity contribution in [3.63, 3.8) is 0 Å². The first-order valence-corrected chi connectivity index (χ1v) is 11.4. The Labute approximate surface area is 209 Å². The summed E-state index contributed by atoms with van der Waals surface area (Å²) < 4.78 is 11.3. The molecule has 186 valence electrons. The molecule has 0 unspecified atom stereocenters. The van der Waals surface area contributed by atoms with Crippen molar-refractivity contribution in [2.24, 2.45) is 0 Å². The number of ether oxygens (including phenoxy) is 2. The third-order valence-corrected chi connectivity index (χ3v) is 5.15. The molecule has 0 aromatic heterocycles. The zero-order valence-corrected chi connectivity index (χ0v) is 20.3. The molecule has 0 bridgehead atoms. The van der Waals surface area contributed by atoms with Crippen molar-refractivity contribution >= 4 is 29.5 Å². The van der Waals surface area contributed by atoms with E-state index in [-0.39, 0.29) is 11.3 Å². The van der Waals surface area contributed by atoms with Crippen molar-refractivity contribution in [1.82, 2.24) is 5.32 Å². The van der Waals surface area contributed by atoms with Gasteiger partial charge in [0.15, 0.2) is 11.5 Å². The lowest BCUT2D eigenvalue weighted by molar-refractivity contribution is -0.113. The fourth-order valence-electron chi connectivity index (χ4n) is 3.39. The van der Waals surface area contributed by atoms with Crippen molar-refractivity contribution in [1.29, 1.82) is 0 Å². The van der Waals surface area contributed by atoms with Crippen molar-refractivity contribution in [3.8, 4) is 11.5 Å². The molecular formula is C28H28N2O6. The Morgan fingerprint density at radius 2 is 1.56 bits per heavy atom. The lowest BCUT2D eigenvalue weighted by Gasteiger charge is -2.14. The second-order valence-corrected chi connectivity index (χ2v) is 7.74. The molecule has 0 atom stereocenters. The van der Waals surface area contributed by atoms with Gasteiger partial charge in [0.25, 0.3) is 11.8 Å². The number of amides is 2. The van der Waals surface area contributed by atoms with E-state index in [9.17, 15) is 14.4 Å². The maximum absolute atomic E-state index is 13.2. The van der Waals surface area contributed by atoms with Crippen LogP contribution >= 0.6 is 0 Å². The largest absolute Gasteiger partial charge is 0.490 e. The van der Waals surface area contributed by atoms with Crippen molar-refractivity contribution in [2.45, 2.75) is 20.8 Å². The fraction of sp³-hybridized carbons (Fsp3) is 0.179. The van der Waals surface area contributed by atoms with Crippen LogP contribution in [0.1, 0.15) is 45.7 Å². The zero-order valence-electron chi connectivity index (χ0n) is 20.3. The Morgan fingerprint density at radius 3 is 2.19 bits per heavy atom. The van der Waals surface area contributed by atoms with Crippen LogP contribution in [0.4, 0.5) is 5.69 Å². The van der Waals surface area contributed by atoms with E-state index in [1.54, 1.807) is 30.3 Å². The Morgan fingerprint density at radius 1 is 0.889 bits per heavy atom. The van der Waals surface area contributed by atoms with Crippen LogP contribution in [-0.2, 0) is 4.79 Å². The molecule has 0 aliphatic rings. The van der Waals surface area contributed by atoms with Crippen LogP contribution in [0.25, 0.3) is 6.08 Å². The smallest absolute Gasteiger partial charge is 0.335 e. The van der Waals surface area contributed by atoms with Crippen LogP contribution in [-0.4, -0.2) is 36.1 Å². The van der Waals surface area contributed by atoms with Gasteiger partial charge in [-0.1, -0.05) is 24.3 Å². The van der Waals surface area contributed by atoms with Gasteiger partial charge >= 0.3 is 5.97 Å². The van der Waals surface area contributed by atoms with E-state index in [2.05, 4.69) is 10.6 Å². The molecule has 0 fully saturated rings. The SMILES string of the molecule is CCOc1ccc(/C=C(/NC(=O)c2ccccc2C)C(=O)Nc2ccc(C(=O)O)cc2)cc1OCC. The predicted octanol–water partition coefficient (Wildman–Crippen LogP) is 4.90. The van der Waals surface area contributed by atoms with Crippen LogP contribution in [0.3, 0.4) is 0 Å². The third kappa shape index (κ3) is 6.73. The summed E-state index contributed by atoms with van der Waals surface area (Å²) in [6.07, 6.45) is 1.54. The average molecular weight is 489 g/mol. The maximum Gasteiger partial charge on any atom is 0.335 e. The molecule has 0 saturated carbocycles. The topological polar surface area (TPSA) is 114 Å².